The molecule has 3 heterocycles. The molecule has 0 saturated carbocycles. The number of anilines is 1. The fourth-order valence-electron chi connectivity index (χ4n) is 3.80. The highest BCUT2D eigenvalue weighted by Crippen LogP contribution is 2.29. The van der Waals surface area contributed by atoms with Crippen LogP contribution in [0.4, 0.5) is 19.0 Å². The Bertz CT molecular complexity index is 1240. The molecule has 3 N–H and O–H groups in total. The van der Waals surface area contributed by atoms with Crippen LogP contribution >= 0.6 is 0 Å². The summed E-state index contributed by atoms with van der Waals surface area (Å²) >= 11 is 0. The first-order chi connectivity index (χ1) is 14.2. The Morgan fingerprint density at radius 1 is 1.23 bits per heavy atom. The van der Waals surface area contributed by atoms with Gasteiger partial charge in [0.25, 0.3) is 0 Å². The average molecular weight is 418 g/mol. The van der Waals surface area contributed by atoms with Crippen LogP contribution in [0.3, 0.4) is 0 Å². The van der Waals surface area contributed by atoms with E-state index in [1.54, 1.807) is 4.90 Å². The summed E-state index contributed by atoms with van der Waals surface area (Å²) in [6.07, 6.45) is 1.51. The molecule has 2 aromatic heterocycles. The average Bonchev–Trinajstić information content (AvgIpc) is 3.00. The van der Waals surface area contributed by atoms with Gasteiger partial charge in [0.1, 0.15) is 17.2 Å². The monoisotopic (exact) mass is 418 g/mol. The largest absolute Gasteiger partial charge is 0.477 e. The lowest BCUT2D eigenvalue weighted by Crippen LogP contribution is -2.31. The van der Waals surface area contributed by atoms with E-state index in [0.717, 1.165) is 29.0 Å². The van der Waals surface area contributed by atoms with Gasteiger partial charge >= 0.3 is 5.97 Å². The maximum absolute atomic E-state index is 14.9. The topological polar surface area (TPSA) is 101 Å². The fourth-order valence-corrected chi connectivity index (χ4v) is 3.80. The lowest BCUT2D eigenvalue weighted by molar-refractivity contribution is 0.0695. The second kappa shape index (κ2) is 7.13. The molecule has 0 bridgehead atoms. The first-order valence-electron chi connectivity index (χ1n) is 9.14. The van der Waals surface area contributed by atoms with Gasteiger partial charge in [-0.1, -0.05) is 0 Å². The molecule has 1 saturated heterocycles. The molecule has 156 valence electrons. The number of carboxylic acid groups (broad SMARTS) is 1. The van der Waals surface area contributed by atoms with Gasteiger partial charge < -0.3 is 15.7 Å². The Labute approximate surface area is 168 Å². The van der Waals surface area contributed by atoms with Crippen molar-refractivity contribution in [2.24, 2.45) is 5.73 Å². The molecule has 2 atom stereocenters. The van der Waals surface area contributed by atoms with Crippen LogP contribution in [0.2, 0.25) is 0 Å². The number of hydrogen-bond acceptors (Lipinski definition) is 5. The molecule has 1 fully saturated rings. The number of fused-ring (bicyclic) bond motifs is 1. The maximum Gasteiger partial charge on any atom is 0.341 e. The predicted octanol–water partition coefficient (Wildman–Crippen LogP) is 2.43. The van der Waals surface area contributed by atoms with Gasteiger partial charge in [-0.3, -0.25) is 9.36 Å². The minimum absolute atomic E-state index is 0.0818. The summed E-state index contributed by atoms with van der Waals surface area (Å²) in [5.74, 6) is -4.31. The smallest absolute Gasteiger partial charge is 0.341 e. The maximum atomic E-state index is 14.9. The fraction of sp³-hybridized carbons (Fsp3) is 0.250. The zero-order chi connectivity index (χ0) is 21.7. The van der Waals surface area contributed by atoms with Gasteiger partial charge in [-0.15, -0.1) is 0 Å². The summed E-state index contributed by atoms with van der Waals surface area (Å²) in [5.41, 5.74) is 3.91. The van der Waals surface area contributed by atoms with Crippen LogP contribution in [0.5, 0.6) is 0 Å². The standard InChI is InChI=1S/C20H17F3N4O3/c1-9-4-11(24)7-26(9)19-15(23)6-12-17(28)13(20(29)30)8-27(18(12)25-19)16-3-2-10(21)5-14(16)22/h2-3,5-6,8-9,11H,4,7,24H2,1H3,(H,29,30)/t9-,11+/m1/s1. The molecule has 0 amide bonds. The third-order valence-corrected chi connectivity index (χ3v) is 5.19. The Hall–Kier alpha value is -3.40. The third-order valence-electron chi connectivity index (χ3n) is 5.19. The van der Waals surface area contributed by atoms with Crippen molar-refractivity contribution in [2.75, 3.05) is 11.4 Å². The number of rotatable bonds is 3. The van der Waals surface area contributed by atoms with Crippen molar-refractivity contribution in [1.82, 2.24) is 9.55 Å². The molecule has 30 heavy (non-hydrogen) atoms. The van der Waals surface area contributed by atoms with E-state index in [4.69, 9.17) is 5.73 Å². The van der Waals surface area contributed by atoms with Gasteiger partial charge in [0, 0.05) is 30.9 Å². The van der Waals surface area contributed by atoms with E-state index < -0.39 is 34.4 Å². The van der Waals surface area contributed by atoms with Gasteiger partial charge in [0.2, 0.25) is 5.43 Å². The Morgan fingerprint density at radius 2 is 1.97 bits per heavy atom. The molecule has 4 rings (SSSR count). The zero-order valence-electron chi connectivity index (χ0n) is 15.8. The van der Waals surface area contributed by atoms with E-state index in [0.29, 0.717) is 19.0 Å². The van der Waals surface area contributed by atoms with E-state index in [-0.39, 0.29) is 34.6 Å². The first kappa shape index (κ1) is 19.9. The van der Waals surface area contributed by atoms with Crippen LogP contribution in [0.1, 0.15) is 23.7 Å². The number of carboxylic acids is 1. The van der Waals surface area contributed by atoms with E-state index in [1.807, 2.05) is 6.92 Å². The predicted molar refractivity (Wildman–Crippen MR) is 104 cm³/mol. The number of carbonyl (C=O) groups is 1. The molecule has 1 aliphatic heterocycles. The molecule has 1 aliphatic rings. The van der Waals surface area contributed by atoms with Crippen LogP contribution in [-0.4, -0.2) is 39.3 Å². The van der Waals surface area contributed by atoms with Crippen LogP contribution in [0.15, 0.2) is 35.3 Å². The van der Waals surface area contributed by atoms with Crippen molar-refractivity contribution in [3.05, 3.63) is 63.7 Å². The lowest BCUT2D eigenvalue weighted by Gasteiger charge is -2.24. The van der Waals surface area contributed by atoms with E-state index >= 15 is 0 Å². The van der Waals surface area contributed by atoms with Crippen molar-refractivity contribution in [3.8, 4) is 5.69 Å². The summed E-state index contributed by atoms with van der Waals surface area (Å²) in [5, 5.41) is 9.03. The molecule has 10 heteroatoms. The Morgan fingerprint density at radius 3 is 2.57 bits per heavy atom. The molecule has 0 aliphatic carbocycles. The number of halogens is 3. The van der Waals surface area contributed by atoms with Gasteiger partial charge in [0.15, 0.2) is 17.3 Å². The number of nitrogens with zero attached hydrogens (tertiary/aromatic N) is 3. The summed E-state index contributed by atoms with van der Waals surface area (Å²) in [6, 6.07) is 3.25. The van der Waals surface area contributed by atoms with Crippen molar-refractivity contribution >= 4 is 22.8 Å². The van der Waals surface area contributed by atoms with Gasteiger partial charge in [-0.2, -0.15) is 0 Å². The number of aromatic carboxylic acids is 1. The summed E-state index contributed by atoms with van der Waals surface area (Å²) in [4.78, 5) is 30.0. The highest BCUT2D eigenvalue weighted by Gasteiger charge is 2.30. The lowest BCUT2D eigenvalue weighted by atomic mass is 10.1. The first-order valence-corrected chi connectivity index (χ1v) is 9.14. The van der Waals surface area contributed by atoms with Crippen LogP contribution in [-0.2, 0) is 0 Å². The number of hydrogen-bond donors (Lipinski definition) is 2. The molecule has 0 spiro atoms. The summed E-state index contributed by atoms with van der Waals surface area (Å²) in [6.45, 7) is 2.18. The highest BCUT2D eigenvalue weighted by atomic mass is 19.1. The van der Waals surface area contributed by atoms with Crippen LogP contribution < -0.4 is 16.1 Å². The van der Waals surface area contributed by atoms with Crippen molar-refractivity contribution < 1.29 is 23.1 Å². The van der Waals surface area contributed by atoms with Crippen molar-refractivity contribution in [3.63, 3.8) is 0 Å². The zero-order valence-corrected chi connectivity index (χ0v) is 15.8. The number of nitrogens with two attached hydrogens (primary N) is 1. The normalized spacial score (nSPS) is 18.9. The molecule has 3 aromatic rings. The molecule has 0 radical (unpaired) electrons. The second-order valence-electron chi connectivity index (χ2n) is 7.30. The molecular formula is C20H17F3N4O3. The van der Waals surface area contributed by atoms with Gasteiger partial charge in [-0.25, -0.2) is 22.9 Å². The van der Waals surface area contributed by atoms with Crippen LogP contribution in [0.25, 0.3) is 16.7 Å². The van der Waals surface area contributed by atoms with Gasteiger partial charge in [-0.05, 0) is 31.5 Å². The second-order valence-corrected chi connectivity index (χ2v) is 7.30. The molecule has 7 nitrogen and oxygen atoms in total. The SMILES string of the molecule is C[C@@H]1C[C@H](N)CN1c1nc2c(cc1F)c(=O)c(C(=O)O)cn2-c1ccc(F)cc1F. The molecular weight excluding hydrogens is 401 g/mol. The highest BCUT2D eigenvalue weighted by molar-refractivity contribution is 5.92. The quantitative estimate of drug-likeness (QED) is 0.678. The van der Waals surface area contributed by atoms with E-state index in [1.165, 1.54) is 0 Å². The molecule has 0 unspecified atom stereocenters. The van der Waals surface area contributed by atoms with Crippen LogP contribution in [0, 0.1) is 17.5 Å². The minimum atomic E-state index is -1.57. The Kier molecular flexibility index (Phi) is 4.73. The number of aromatic nitrogens is 2. The number of pyridine rings is 2. The summed E-state index contributed by atoms with van der Waals surface area (Å²) < 4.78 is 43.7. The van der Waals surface area contributed by atoms with E-state index in [2.05, 4.69) is 4.98 Å². The minimum Gasteiger partial charge on any atom is -0.477 e. The van der Waals surface area contributed by atoms with Crippen molar-refractivity contribution in [1.29, 1.82) is 0 Å². The Balaban J connectivity index is 2.06. The van der Waals surface area contributed by atoms with Gasteiger partial charge in [0.05, 0.1) is 11.1 Å². The van der Waals surface area contributed by atoms with Crippen molar-refractivity contribution in [2.45, 2.75) is 25.4 Å². The third kappa shape index (κ3) is 3.18. The summed E-state index contributed by atoms with van der Waals surface area (Å²) in [7, 11) is 0. The molecule has 1 aromatic carbocycles. The number of benzene rings is 1. The van der Waals surface area contributed by atoms with E-state index in [9.17, 15) is 27.9 Å².